The summed E-state index contributed by atoms with van der Waals surface area (Å²) in [4.78, 5) is 0. The fourth-order valence-corrected chi connectivity index (χ4v) is 1.28. The normalized spacial score (nSPS) is 27.7. The van der Waals surface area contributed by atoms with Crippen LogP contribution in [-0.4, -0.2) is 22.6 Å². The van der Waals surface area contributed by atoms with E-state index in [1.54, 1.807) is 6.20 Å². The molecule has 0 spiro atoms. The predicted octanol–water partition coefficient (Wildman–Crippen LogP) is 1.23. The summed E-state index contributed by atoms with van der Waals surface area (Å²) in [5.41, 5.74) is 0.903. The van der Waals surface area contributed by atoms with Crippen LogP contribution in [0.25, 0.3) is 0 Å². The highest BCUT2D eigenvalue weighted by atomic mass is 16.7. The molecule has 0 saturated carbocycles. The zero-order valence-electron chi connectivity index (χ0n) is 7.20. The van der Waals surface area contributed by atoms with Gasteiger partial charge >= 0.3 is 0 Å². The molecule has 4 heteroatoms. The number of nitrogens with zero attached hydrogens (tertiary/aromatic N) is 1. The first-order chi connectivity index (χ1) is 5.67. The van der Waals surface area contributed by atoms with Crippen molar-refractivity contribution in [1.82, 2.24) is 10.2 Å². The predicted molar refractivity (Wildman–Crippen MR) is 42.4 cm³/mol. The Hall–Kier alpha value is -0.870. The van der Waals surface area contributed by atoms with Crippen molar-refractivity contribution in [3.8, 4) is 0 Å². The van der Waals surface area contributed by atoms with Crippen LogP contribution < -0.4 is 0 Å². The summed E-state index contributed by atoms with van der Waals surface area (Å²) in [6.45, 7) is 4.39. The minimum Gasteiger partial charge on any atom is -0.347 e. The van der Waals surface area contributed by atoms with E-state index in [2.05, 4.69) is 10.2 Å². The van der Waals surface area contributed by atoms with Gasteiger partial charge in [0.2, 0.25) is 0 Å². The zero-order valence-corrected chi connectivity index (χ0v) is 7.20. The minimum absolute atomic E-state index is 0.0220. The van der Waals surface area contributed by atoms with Crippen LogP contribution in [0.4, 0.5) is 0 Å². The number of rotatable bonds is 1. The van der Waals surface area contributed by atoms with E-state index >= 15 is 0 Å². The molecule has 1 N–H and O–H groups in total. The molecule has 2 rings (SSSR count). The maximum Gasteiger partial charge on any atom is 0.163 e. The Morgan fingerprint density at radius 1 is 1.67 bits per heavy atom. The molecule has 0 aromatic carbocycles. The van der Waals surface area contributed by atoms with Gasteiger partial charge in [-0.25, -0.2) is 0 Å². The van der Waals surface area contributed by atoms with Gasteiger partial charge in [-0.2, -0.15) is 5.10 Å². The average molecular weight is 168 g/mol. The van der Waals surface area contributed by atoms with Crippen molar-refractivity contribution in [2.45, 2.75) is 25.7 Å². The Kier molecular flexibility index (Phi) is 1.66. The van der Waals surface area contributed by atoms with Gasteiger partial charge in [0.15, 0.2) is 5.79 Å². The van der Waals surface area contributed by atoms with Gasteiger partial charge < -0.3 is 9.47 Å². The Labute approximate surface area is 70.9 Å². The number of aromatic amines is 1. The van der Waals surface area contributed by atoms with E-state index < -0.39 is 5.79 Å². The molecular weight excluding hydrogens is 156 g/mol. The molecule has 0 unspecified atom stereocenters. The fraction of sp³-hybridized carbons (Fsp3) is 0.625. The van der Waals surface area contributed by atoms with Crippen molar-refractivity contribution >= 4 is 0 Å². The van der Waals surface area contributed by atoms with Gasteiger partial charge in [0, 0.05) is 6.20 Å². The molecule has 0 bridgehead atoms. The van der Waals surface area contributed by atoms with Gasteiger partial charge in [-0.1, -0.05) is 0 Å². The molecule has 0 amide bonds. The first-order valence-electron chi connectivity index (χ1n) is 3.99. The van der Waals surface area contributed by atoms with E-state index in [1.807, 2.05) is 19.9 Å². The fourth-order valence-electron chi connectivity index (χ4n) is 1.28. The molecule has 1 atom stereocenters. The van der Waals surface area contributed by atoms with Crippen LogP contribution in [0.15, 0.2) is 12.3 Å². The lowest BCUT2D eigenvalue weighted by atomic mass is 10.3. The number of hydrogen-bond donors (Lipinski definition) is 1. The third-order valence-electron chi connectivity index (χ3n) is 1.86. The minimum atomic E-state index is -0.469. The molecule has 0 radical (unpaired) electrons. The van der Waals surface area contributed by atoms with E-state index in [0.29, 0.717) is 6.61 Å². The molecule has 4 nitrogen and oxygen atoms in total. The lowest BCUT2D eigenvalue weighted by Crippen LogP contribution is -2.19. The Morgan fingerprint density at radius 2 is 2.50 bits per heavy atom. The number of aromatic nitrogens is 2. The number of hydrogen-bond acceptors (Lipinski definition) is 3. The summed E-state index contributed by atoms with van der Waals surface area (Å²) >= 11 is 0. The van der Waals surface area contributed by atoms with Crippen molar-refractivity contribution in [1.29, 1.82) is 0 Å². The largest absolute Gasteiger partial charge is 0.347 e. The summed E-state index contributed by atoms with van der Waals surface area (Å²) in [5, 5.41) is 6.78. The van der Waals surface area contributed by atoms with Gasteiger partial charge in [-0.3, -0.25) is 5.10 Å². The molecule has 1 fully saturated rings. The topological polar surface area (TPSA) is 47.1 Å². The van der Waals surface area contributed by atoms with Crippen molar-refractivity contribution in [2.75, 3.05) is 6.61 Å². The Morgan fingerprint density at radius 3 is 3.00 bits per heavy atom. The van der Waals surface area contributed by atoms with Crippen LogP contribution >= 0.6 is 0 Å². The average Bonchev–Trinajstić information content (AvgIpc) is 2.55. The molecule has 1 aromatic rings. The molecule has 66 valence electrons. The molecule has 2 heterocycles. The van der Waals surface area contributed by atoms with Crippen LogP contribution in [0, 0.1) is 0 Å². The van der Waals surface area contributed by atoms with Crippen LogP contribution in [0.3, 0.4) is 0 Å². The quantitative estimate of drug-likeness (QED) is 0.686. The van der Waals surface area contributed by atoms with Crippen molar-refractivity contribution in [3.63, 3.8) is 0 Å². The molecular formula is C8H12N2O2. The molecule has 1 aliphatic rings. The lowest BCUT2D eigenvalue weighted by molar-refractivity contribution is -0.139. The second kappa shape index (κ2) is 2.57. The van der Waals surface area contributed by atoms with Gasteiger partial charge in [0.25, 0.3) is 0 Å². The van der Waals surface area contributed by atoms with E-state index in [-0.39, 0.29) is 6.10 Å². The first kappa shape index (κ1) is 7.76. The van der Waals surface area contributed by atoms with E-state index in [1.165, 1.54) is 0 Å². The van der Waals surface area contributed by atoms with Crippen molar-refractivity contribution < 1.29 is 9.47 Å². The number of nitrogens with one attached hydrogen (secondary N) is 1. The number of H-pyrrole nitrogens is 1. The third kappa shape index (κ3) is 1.35. The van der Waals surface area contributed by atoms with Crippen LogP contribution in [0.1, 0.15) is 25.6 Å². The zero-order chi connectivity index (χ0) is 8.60. The standard InChI is InChI=1S/C8H12N2O2/c1-8(2)11-5-7(12-8)6-3-4-9-10-6/h3-4,7H,5H2,1-2H3,(H,9,10)/t7-/m1/s1. The van der Waals surface area contributed by atoms with Crippen molar-refractivity contribution in [2.24, 2.45) is 0 Å². The highest BCUT2D eigenvalue weighted by Crippen LogP contribution is 2.31. The second-order valence-electron chi connectivity index (χ2n) is 3.32. The highest BCUT2D eigenvalue weighted by Gasteiger charge is 2.34. The summed E-state index contributed by atoms with van der Waals surface area (Å²) in [6, 6.07) is 1.90. The highest BCUT2D eigenvalue weighted by molar-refractivity contribution is 5.03. The molecule has 12 heavy (non-hydrogen) atoms. The third-order valence-corrected chi connectivity index (χ3v) is 1.86. The van der Waals surface area contributed by atoms with Gasteiger partial charge in [0.05, 0.1) is 12.3 Å². The lowest BCUT2D eigenvalue weighted by Gasteiger charge is -2.15. The molecule has 1 aromatic heterocycles. The summed E-state index contributed by atoms with van der Waals surface area (Å²) in [5.74, 6) is -0.469. The van der Waals surface area contributed by atoms with Crippen molar-refractivity contribution in [3.05, 3.63) is 18.0 Å². The molecule has 0 aliphatic carbocycles. The van der Waals surface area contributed by atoms with Gasteiger partial charge in [0.1, 0.15) is 6.10 Å². The SMILES string of the molecule is CC1(C)OC[C@H](c2cc[nH]n2)O1. The maximum absolute atomic E-state index is 5.59. The van der Waals surface area contributed by atoms with Crippen LogP contribution in [0.2, 0.25) is 0 Å². The van der Waals surface area contributed by atoms with Gasteiger partial charge in [-0.05, 0) is 19.9 Å². The summed E-state index contributed by atoms with van der Waals surface area (Å²) < 4.78 is 11.0. The van der Waals surface area contributed by atoms with Crippen LogP contribution in [-0.2, 0) is 9.47 Å². The smallest absolute Gasteiger partial charge is 0.163 e. The summed E-state index contributed by atoms with van der Waals surface area (Å²) in [7, 11) is 0. The van der Waals surface area contributed by atoms with Crippen LogP contribution in [0.5, 0.6) is 0 Å². The second-order valence-corrected chi connectivity index (χ2v) is 3.32. The molecule has 1 aliphatic heterocycles. The van der Waals surface area contributed by atoms with E-state index in [9.17, 15) is 0 Å². The summed E-state index contributed by atoms with van der Waals surface area (Å²) in [6.07, 6.45) is 1.76. The maximum atomic E-state index is 5.59. The monoisotopic (exact) mass is 168 g/mol. The van der Waals surface area contributed by atoms with Gasteiger partial charge in [-0.15, -0.1) is 0 Å². The number of ether oxygens (including phenoxy) is 2. The Bertz CT molecular complexity index is 256. The first-order valence-corrected chi connectivity index (χ1v) is 3.99. The van der Waals surface area contributed by atoms with E-state index in [0.717, 1.165) is 5.69 Å². The Balaban J connectivity index is 2.10. The molecule has 1 saturated heterocycles. The van der Waals surface area contributed by atoms with E-state index in [4.69, 9.17) is 9.47 Å².